The molecule has 24 heavy (non-hydrogen) atoms. The number of carbonyl (C=O) groups excluding carboxylic acids is 4. The van der Waals surface area contributed by atoms with E-state index in [1.165, 1.54) is 6.21 Å². The van der Waals surface area contributed by atoms with Gasteiger partial charge in [-0.1, -0.05) is 30.3 Å². The second kappa shape index (κ2) is 8.29. The largest absolute Gasteiger partial charge is 0.550 e. The van der Waals surface area contributed by atoms with Gasteiger partial charge in [0, 0.05) is 30.7 Å². The van der Waals surface area contributed by atoms with Crippen molar-refractivity contribution in [1.82, 2.24) is 0 Å². The van der Waals surface area contributed by atoms with Gasteiger partial charge in [-0.15, -0.1) is 0 Å². The van der Waals surface area contributed by atoms with Gasteiger partial charge >= 0.3 is 0 Å². The Morgan fingerprint density at radius 3 is 2.58 bits per heavy atom. The van der Waals surface area contributed by atoms with E-state index in [0.29, 0.717) is 5.56 Å². The molecule has 6 nitrogen and oxygen atoms in total. The van der Waals surface area contributed by atoms with Gasteiger partial charge in [-0.25, -0.2) is 0 Å². The van der Waals surface area contributed by atoms with Crippen molar-refractivity contribution in [3.8, 4) is 0 Å². The molecule has 1 fully saturated rings. The van der Waals surface area contributed by atoms with Crippen molar-refractivity contribution in [2.75, 3.05) is 6.54 Å². The minimum absolute atomic E-state index is 0.126. The SMILES string of the molecule is O=C([O-])CCCN=C[C@@H]1C(=O)CC[C@@H](C(=O)c2ccccc2)C1=O. The second-order valence-electron chi connectivity index (χ2n) is 5.70. The van der Waals surface area contributed by atoms with E-state index in [1.54, 1.807) is 30.3 Å². The highest BCUT2D eigenvalue weighted by molar-refractivity contribution is 6.23. The second-order valence-corrected chi connectivity index (χ2v) is 5.70. The summed E-state index contributed by atoms with van der Waals surface area (Å²) >= 11 is 0. The van der Waals surface area contributed by atoms with Gasteiger partial charge in [0.2, 0.25) is 0 Å². The molecule has 0 spiro atoms. The van der Waals surface area contributed by atoms with Crippen LogP contribution in [0.1, 0.15) is 36.0 Å². The molecule has 1 aromatic rings. The smallest absolute Gasteiger partial charge is 0.173 e. The Morgan fingerprint density at radius 2 is 1.92 bits per heavy atom. The number of carbonyl (C=O) groups is 4. The lowest BCUT2D eigenvalue weighted by atomic mass is 9.76. The summed E-state index contributed by atoms with van der Waals surface area (Å²) in [5, 5.41) is 10.3. The maximum absolute atomic E-state index is 12.5. The average molecular weight is 328 g/mol. The van der Waals surface area contributed by atoms with Gasteiger partial charge in [-0.2, -0.15) is 0 Å². The van der Waals surface area contributed by atoms with Crippen LogP contribution in [0.15, 0.2) is 35.3 Å². The van der Waals surface area contributed by atoms with E-state index >= 15 is 0 Å². The molecular formula is C18H18NO5-. The van der Waals surface area contributed by atoms with E-state index in [-0.39, 0.29) is 43.8 Å². The van der Waals surface area contributed by atoms with Crippen LogP contribution < -0.4 is 5.11 Å². The number of hydrogen-bond acceptors (Lipinski definition) is 6. The Hall–Kier alpha value is -2.63. The monoisotopic (exact) mass is 328 g/mol. The zero-order chi connectivity index (χ0) is 17.5. The average Bonchev–Trinajstić information content (AvgIpc) is 2.57. The number of aliphatic imine (C=N–C) groups is 1. The Balaban J connectivity index is 2.03. The van der Waals surface area contributed by atoms with E-state index in [2.05, 4.69) is 4.99 Å². The van der Waals surface area contributed by atoms with Gasteiger partial charge in [0.25, 0.3) is 0 Å². The van der Waals surface area contributed by atoms with E-state index in [1.807, 2.05) is 0 Å². The predicted molar refractivity (Wildman–Crippen MR) is 84.6 cm³/mol. The highest BCUT2D eigenvalue weighted by atomic mass is 16.4. The van der Waals surface area contributed by atoms with E-state index in [0.717, 1.165) is 0 Å². The summed E-state index contributed by atoms with van der Waals surface area (Å²) in [6, 6.07) is 8.53. The van der Waals surface area contributed by atoms with Gasteiger partial charge in [0.05, 0.1) is 5.92 Å². The van der Waals surface area contributed by atoms with Crippen LogP contribution in [0.5, 0.6) is 0 Å². The maximum atomic E-state index is 12.5. The number of aliphatic carboxylic acids is 1. The molecule has 0 N–H and O–H groups in total. The fourth-order valence-electron chi connectivity index (χ4n) is 2.67. The first kappa shape index (κ1) is 17.7. The molecule has 0 bridgehead atoms. The van der Waals surface area contributed by atoms with Crippen molar-refractivity contribution in [3.05, 3.63) is 35.9 Å². The topological polar surface area (TPSA) is 104 Å². The molecular weight excluding hydrogens is 310 g/mol. The fraction of sp³-hybridized carbons (Fsp3) is 0.389. The summed E-state index contributed by atoms with van der Waals surface area (Å²) in [4.78, 5) is 51.2. The Kier molecular flexibility index (Phi) is 6.12. The van der Waals surface area contributed by atoms with Crippen molar-refractivity contribution < 1.29 is 24.3 Å². The normalized spacial score (nSPS) is 21.2. The van der Waals surface area contributed by atoms with Gasteiger partial charge in [0.1, 0.15) is 11.7 Å². The van der Waals surface area contributed by atoms with Crippen molar-refractivity contribution >= 4 is 29.5 Å². The van der Waals surface area contributed by atoms with Crippen LogP contribution in [0.3, 0.4) is 0 Å². The van der Waals surface area contributed by atoms with Gasteiger partial charge < -0.3 is 9.90 Å². The van der Waals surface area contributed by atoms with E-state index < -0.39 is 23.6 Å². The number of benzene rings is 1. The molecule has 1 aliphatic carbocycles. The number of hydrogen-bond donors (Lipinski definition) is 0. The molecule has 2 rings (SSSR count). The lowest BCUT2D eigenvalue weighted by molar-refractivity contribution is -0.305. The van der Waals surface area contributed by atoms with E-state index in [4.69, 9.17) is 0 Å². The molecule has 0 aromatic heterocycles. The van der Waals surface area contributed by atoms with Gasteiger partial charge in [-0.05, 0) is 19.3 Å². The van der Waals surface area contributed by atoms with Crippen LogP contribution in [-0.4, -0.2) is 36.1 Å². The highest BCUT2D eigenvalue weighted by Gasteiger charge is 2.39. The minimum atomic E-state index is -1.16. The molecule has 0 heterocycles. The molecule has 6 heteroatoms. The molecule has 1 saturated carbocycles. The fourth-order valence-corrected chi connectivity index (χ4v) is 2.67. The molecule has 126 valence electrons. The minimum Gasteiger partial charge on any atom is -0.550 e. The predicted octanol–water partition coefficient (Wildman–Crippen LogP) is 0.635. The Bertz CT molecular complexity index is 665. The molecule has 1 aliphatic rings. The summed E-state index contributed by atoms with van der Waals surface area (Å²) in [6.07, 6.45) is 1.79. The third-order valence-corrected chi connectivity index (χ3v) is 3.97. The molecule has 2 atom stereocenters. The third-order valence-electron chi connectivity index (χ3n) is 3.97. The third kappa shape index (κ3) is 4.44. The van der Waals surface area contributed by atoms with Crippen LogP contribution >= 0.6 is 0 Å². The van der Waals surface area contributed by atoms with Crippen LogP contribution in [0.2, 0.25) is 0 Å². The number of nitrogens with zero attached hydrogens (tertiary/aromatic N) is 1. The van der Waals surface area contributed by atoms with Crippen LogP contribution in [0.25, 0.3) is 0 Å². The first-order chi connectivity index (χ1) is 11.5. The van der Waals surface area contributed by atoms with Crippen LogP contribution in [0, 0.1) is 11.8 Å². The number of Topliss-reactive ketones (excluding diaryl/α,β-unsaturated/α-hetero) is 3. The maximum Gasteiger partial charge on any atom is 0.173 e. The zero-order valence-corrected chi connectivity index (χ0v) is 13.1. The van der Waals surface area contributed by atoms with Crippen molar-refractivity contribution in [2.24, 2.45) is 16.8 Å². The standard InChI is InChI=1S/C18H19NO5/c20-15-9-8-13(17(23)12-5-2-1-3-6-12)18(24)14(15)11-19-10-4-7-16(21)22/h1-3,5-6,11,13-14H,4,7-10H2,(H,21,22)/p-1/t13-,14+/m0/s1. The molecule has 1 aromatic carbocycles. The molecule has 0 radical (unpaired) electrons. The van der Waals surface area contributed by atoms with Crippen molar-refractivity contribution in [1.29, 1.82) is 0 Å². The number of ketones is 3. The zero-order valence-electron chi connectivity index (χ0n) is 13.1. The summed E-state index contributed by atoms with van der Waals surface area (Å²) in [6.45, 7) is 0.197. The van der Waals surface area contributed by atoms with Crippen molar-refractivity contribution in [2.45, 2.75) is 25.7 Å². The van der Waals surface area contributed by atoms with Crippen LogP contribution in [-0.2, 0) is 14.4 Å². The molecule has 0 saturated heterocycles. The Morgan fingerprint density at radius 1 is 1.21 bits per heavy atom. The lowest BCUT2D eigenvalue weighted by Crippen LogP contribution is -2.40. The number of carboxylic acid groups (broad SMARTS) is 1. The van der Waals surface area contributed by atoms with Crippen molar-refractivity contribution in [3.63, 3.8) is 0 Å². The number of carboxylic acids is 1. The van der Waals surface area contributed by atoms with Gasteiger partial charge in [-0.3, -0.25) is 19.4 Å². The van der Waals surface area contributed by atoms with E-state index in [9.17, 15) is 24.3 Å². The first-order valence-corrected chi connectivity index (χ1v) is 7.86. The molecule has 0 amide bonds. The molecule has 0 aliphatic heterocycles. The summed E-state index contributed by atoms with van der Waals surface area (Å²) in [5.41, 5.74) is 0.454. The van der Waals surface area contributed by atoms with Gasteiger partial charge in [0.15, 0.2) is 11.6 Å². The summed E-state index contributed by atoms with van der Waals surface area (Å²) in [7, 11) is 0. The summed E-state index contributed by atoms with van der Waals surface area (Å²) in [5.74, 6) is -3.96. The van der Waals surface area contributed by atoms with Crippen LogP contribution in [0.4, 0.5) is 0 Å². The highest BCUT2D eigenvalue weighted by Crippen LogP contribution is 2.25. The first-order valence-electron chi connectivity index (χ1n) is 7.86. The summed E-state index contributed by atoms with van der Waals surface area (Å²) < 4.78 is 0. The quantitative estimate of drug-likeness (QED) is 0.316. The Labute approximate surface area is 139 Å². The molecule has 0 unspecified atom stereocenters. The lowest BCUT2D eigenvalue weighted by Gasteiger charge is -2.23. The number of rotatable bonds is 7.